The van der Waals surface area contributed by atoms with Crippen molar-refractivity contribution in [3.8, 4) is 5.69 Å². The third kappa shape index (κ3) is 2.90. The Hall–Kier alpha value is -3.03. The molecule has 3 rings (SSSR count). The van der Waals surface area contributed by atoms with E-state index in [2.05, 4.69) is 25.9 Å². The van der Waals surface area contributed by atoms with Gasteiger partial charge in [0.25, 0.3) is 5.91 Å². The lowest BCUT2D eigenvalue weighted by molar-refractivity contribution is 0.0939. The van der Waals surface area contributed by atoms with Crippen LogP contribution in [0.1, 0.15) is 40.1 Å². The molecule has 2 aromatic heterocycles. The van der Waals surface area contributed by atoms with Gasteiger partial charge in [-0.25, -0.2) is 4.68 Å². The van der Waals surface area contributed by atoms with Gasteiger partial charge in [0.2, 0.25) is 0 Å². The molecule has 1 amide bonds. The van der Waals surface area contributed by atoms with Crippen molar-refractivity contribution in [1.29, 1.82) is 0 Å². The summed E-state index contributed by atoms with van der Waals surface area (Å²) in [4.78, 5) is 12.5. The second-order valence-corrected chi connectivity index (χ2v) is 5.76. The van der Waals surface area contributed by atoms with E-state index in [1.807, 2.05) is 40.0 Å². The van der Waals surface area contributed by atoms with Crippen LogP contribution in [0.4, 0.5) is 0 Å². The second kappa shape index (κ2) is 6.23. The number of hydrogen-bond acceptors (Lipinski definition) is 5. The largest absolute Gasteiger partial charge is 0.345 e. The molecule has 3 aromatic rings. The SMILES string of the molecule is Cc1cc(C(=O)NC(C)c2cnn(C)c2C)ccc1-n1cnnn1. The molecule has 0 saturated carbocycles. The summed E-state index contributed by atoms with van der Waals surface area (Å²) in [5, 5.41) is 18.3. The van der Waals surface area contributed by atoms with Crippen molar-refractivity contribution in [1.82, 2.24) is 35.3 Å². The topological polar surface area (TPSA) is 90.5 Å². The molecule has 24 heavy (non-hydrogen) atoms. The Bertz CT molecular complexity index is 867. The van der Waals surface area contributed by atoms with Crippen LogP contribution in [-0.2, 0) is 7.05 Å². The summed E-state index contributed by atoms with van der Waals surface area (Å²) in [6, 6.07) is 5.31. The van der Waals surface area contributed by atoms with E-state index in [9.17, 15) is 4.79 Å². The van der Waals surface area contributed by atoms with E-state index >= 15 is 0 Å². The average molecular weight is 325 g/mol. The number of aromatic nitrogens is 6. The Kier molecular flexibility index (Phi) is 4.11. The van der Waals surface area contributed by atoms with E-state index in [0.29, 0.717) is 5.56 Å². The molecule has 8 heteroatoms. The highest BCUT2D eigenvalue weighted by Crippen LogP contribution is 2.18. The number of aryl methyl sites for hydroxylation is 2. The van der Waals surface area contributed by atoms with Crippen molar-refractivity contribution >= 4 is 5.91 Å². The molecule has 0 bridgehead atoms. The van der Waals surface area contributed by atoms with Crippen LogP contribution in [0.2, 0.25) is 0 Å². The number of tetrazole rings is 1. The van der Waals surface area contributed by atoms with E-state index in [1.54, 1.807) is 21.6 Å². The van der Waals surface area contributed by atoms with Gasteiger partial charge in [0, 0.05) is 23.9 Å². The number of rotatable bonds is 4. The van der Waals surface area contributed by atoms with E-state index in [-0.39, 0.29) is 11.9 Å². The van der Waals surface area contributed by atoms with Crippen LogP contribution in [0.15, 0.2) is 30.7 Å². The van der Waals surface area contributed by atoms with Crippen LogP contribution in [0, 0.1) is 13.8 Å². The number of amides is 1. The lowest BCUT2D eigenvalue weighted by atomic mass is 10.1. The zero-order valence-electron chi connectivity index (χ0n) is 14.1. The molecule has 0 aliphatic rings. The molecule has 0 aliphatic carbocycles. The third-order valence-electron chi connectivity index (χ3n) is 4.14. The first-order valence-corrected chi connectivity index (χ1v) is 7.60. The van der Waals surface area contributed by atoms with Crippen molar-refractivity contribution in [2.24, 2.45) is 7.05 Å². The molecule has 0 radical (unpaired) electrons. The van der Waals surface area contributed by atoms with Gasteiger partial charge in [-0.3, -0.25) is 9.48 Å². The first kappa shape index (κ1) is 15.9. The molecule has 1 unspecified atom stereocenters. The van der Waals surface area contributed by atoms with Gasteiger partial charge in [-0.2, -0.15) is 5.10 Å². The maximum atomic E-state index is 12.5. The molecule has 0 saturated heterocycles. The van der Waals surface area contributed by atoms with Gasteiger partial charge >= 0.3 is 0 Å². The summed E-state index contributed by atoms with van der Waals surface area (Å²) >= 11 is 0. The lowest BCUT2D eigenvalue weighted by Crippen LogP contribution is -2.27. The molecule has 2 heterocycles. The minimum Gasteiger partial charge on any atom is -0.345 e. The predicted molar refractivity (Wildman–Crippen MR) is 87.7 cm³/mol. The zero-order chi connectivity index (χ0) is 17.3. The van der Waals surface area contributed by atoms with Crippen LogP contribution >= 0.6 is 0 Å². The maximum Gasteiger partial charge on any atom is 0.251 e. The molecule has 0 aliphatic heterocycles. The maximum absolute atomic E-state index is 12.5. The molecule has 1 aromatic carbocycles. The van der Waals surface area contributed by atoms with E-state index in [4.69, 9.17) is 0 Å². The molecule has 1 atom stereocenters. The normalized spacial score (nSPS) is 12.2. The van der Waals surface area contributed by atoms with Gasteiger partial charge in [-0.15, -0.1) is 5.10 Å². The number of nitrogens with zero attached hydrogens (tertiary/aromatic N) is 6. The van der Waals surface area contributed by atoms with E-state index in [1.165, 1.54) is 6.33 Å². The lowest BCUT2D eigenvalue weighted by Gasteiger charge is -2.14. The summed E-state index contributed by atoms with van der Waals surface area (Å²) in [5.74, 6) is -0.128. The van der Waals surface area contributed by atoms with Gasteiger partial charge in [-0.05, 0) is 55.0 Å². The minimum absolute atomic E-state index is 0.120. The highest BCUT2D eigenvalue weighted by Gasteiger charge is 2.16. The van der Waals surface area contributed by atoms with Crippen LogP contribution in [0.3, 0.4) is 0 Å². The third-order valence-corrected chi connectivity index (χ3v) is 4.14. The molecular weight excluding hydrogens is 306 g/mol. The van der Waals surface area contributed by atoms with Crippen LogP contribution in [-0.4, -0.2) is 35.9 Å². The predicted octanol–water partition coefficient (Wildman–Crippen LogP) is 1.50. The molecular formula is C16H19N7O. The summed E-state index contributed by atoms with van der Waals surface area (Å²) in [6.07, 6.45) is 3.31. The molecule has 0 fully saturated rings. The summed E-state index contributed by atoms with van der Waals surface area (Å²) in [6.45, 7) is 5.85. The molecule has 8 nitrogen and oxygen atoms in total. The Morgan fingerprint density at radius 2 is 2.08 bits per heavy atom. The Balaban J connectivity index is 1.78. The van der Waals surface area contributed by atoms with Crippen molar-refractivity contribution in [2.45, 2.75) is 26.8 Å². The van der Waals surface area contributed by atoms with Gasteiger partial charge in [-0.1, -0.05) is 0 Å². The highest BCUT2D eigenvalue weighted by molar-refractivity contribution is 5.94. The van der Waals surface area contributed by atoms with E-state index in [0.717, 1.165) is 22.5 Å². The van der Waals surface area contributed by atoms with Crippen LogP contribution in [0.25, 0.3) is 5.69 Å². The fourth-order valence-corrected chi connectivity index (χ4v) is 2.62. The van der Waals surface area contributed by atoms with Crippen molar-refractivity contribution < 1.29 is 4.79 Å². The smallest absolute Gasteiger partial charge is 0.251 e. The number of nitrogens with one attached hydrogen (secondary N) is 1. The Labute approximate surface area is 139 Å². The Morgan fingerprint density at radius 3 is 2.67 bits per heavy atom. The first-order valence-electron chi connectivity index (χ1n) is 7.60. The summed E-state index contributed by atoms with van der Waals surface area (Å²) < 4.78 is 3.36. The standard InChI is InChI=1S/C16H19N7O/c1-10-7-13(5-6-15(10)23-9-17-20-21-23)16(24)19-11(2)14-8-18-22(4)12(14)3/h5-9,11H,1-4H3,(H,19,24). The van der Waals surface area contributed by atoms with Crippen molar-refractivity contribution in [3.63, 3.8) is 0 Å². The fraction of sp³-hybridized carbons (Fsp3) is 0.312. The van der Waals surface area contributed by atoms with Gasteiger partial charge in [0.15, 0.2) is 0 Å². The highest BCUT2D eigenvalue weighted by atomic mass is 16.1. The molecule has 124 valence electrons. The minimum atomic E-state index is -0.128. The van der Waals surface area contributed by atoms with E-state index < -0.39 is 0 Å². The number of benzene rings is 1. The summed E-state index contributed by atoms with van der Waals surface area (Å²) in [7, 11) is 1.88. The average Bonchev–Trinajstić information content (AvgIpc) is 3.18. The van der Waals surface area contributed by atoms with Gasteiger partial charge in [0.1, 0.15) is 6.33 Å². The monoisotopic (exact) mass is 325 g/mol. The van der Waals surface area contributed by atoms with Crippen molar-refractivity contribution in [2.75, 3.05) is 0 Å². The first-order chi connectivity index (χ1) is 11.5. The zero-order valence-corrected chi connectivity index (χ0v) is 14.1. The van der Waals surface area contributed by atoms with Crippen LogP contribution in [0.5, 0.6) is 0 Å². The van der Waals surface area contributed by atoms with Gasteiger partial charge in [0.05, 0.1) is 17.9 Å². The Morgan fingerprint density at radius 1 is 1.29 bits per heavy atom. The number of carbonyl (C=O) groups is 1. The fourth-order valence-electron chi connectivity index (χ4n) is 2.62. The second-order valence-electron chi connectivity index (χ2n) is 5.76. The van der Waals surface area contributed by atoms with Gasteiger partial charge < -0.3 is 5.32 Å². The molecule has 1 N–H and O–H groups in total. The number of carbonyl (C=O) groups excluding carboxylic acids is 1. The van der Waals surface area contributed by atoms with Crippen molar-refractivity contribution in [3.05, 3.63) is 53.1 Å². The summed E-state index contributed by atoms with van der Waals surface area (Å²) in [5.41, 5.74) is 4.39. The molecule has 0 spiro atoms. The van der Waals surface area contributed by atoms with Crippen LogP contribution < -0.4 is 5.32 Å². The quantitative estimate of drug-likeness (QED) is 0.785. The number of hydrogen-bond donors (Lipinski definition) is 1.